The first kappa shape index (κ1) is 14.4. The first-order valence-corrected chi connectivity index (χ1v) is 7.31. The van der Waals surface area contributed by atoms with Crippen LogP contribution >= 0.6 is 0 Å². The van der Waals surface area contributed by atoms with Crippen LogP contribution in [0.1, 0.15) is 18.1 Å². The van der Waals surface area contributed by atoms with Crippen LogP contribution in [0.2, 0.25) is 0 Å². The third-order valence-corrected chi connectivity index (χ3v) is 3.51. The highest BCUT2D eigenvalue weighted by Gasteiger charge is 2.03. The Bertz CT molecular complexity index is 531. The van der Waals surface area contributed by atoms with E-state index in [1.807, 2.05) is 0 Å². The van der Waals surface area contributed by atoms with Crippen molar-refractivity contribution in [1.29, 1.82) is 0 Å². The Kier molecular flexibility index (Phi) is 5.05. The largest absolute Gasteiger partial charge is 0.383 e. The van der Waals surface area contributed by atoms with Crippen LogP contribution < -0.4 is 10.2 Å². The molecule has 0 radical (unpaired) electrons. The Labute approximate surface area is 122 Å². The van der Waals surface area contributed by atoms with Crippen LogP contribution in [-0.2, 0) is 0 Å². The lowest BCUT2D eigenvalue weighted by Gasteiger charge is -2.24. The van der Waals surface area contributed by atoms with Crippen LogP contribution in [0.5, 0.6) is 0 Å². The number of nitrogens with one attached hydrogen (secondary N) is 1. The molecule has 1 N–H and O–H groups in total. The molecule has 20 heavy (non-hydrogen) atoms. The number of anilines is 2. The van der Waals surface area contributed by atoms with Gasteiger partial charge in [-0.3, -0.25) is 0 Å². The molecular formula is C18H24N2. The first-order valence-electron chi connectivity index (χ1n) is 7.31. The van der Waals surface area contributed by atoms with Crippen molar-refractivity contribution in [1.82, 2.24) is 0 Å². The second-order valence-electron chi connectivity index (χ2n) is 5.21. The summed E-state index contributed by atoms with van der Waals surface area (Å²) >= 11 is 0. The van der Waals surface area contributed by atoms with E-state index in [-0.39, 0.29) is 0 Å². The maximum absolute atomic E-state index is 3.48. The fraction of sp³-hybridized carbons (Fsp3) is 0.333. The minimum absolute atomic E-state index is 0.949. The summed E-state index contributed by atoms with van der Waals surface area (Å²) in [6.07, 6.45) is 0. The molecule has 0 atom stereocenters. The highest BCUT2D eigenvalue weighted by Crippen LogP contribution is 2.15. The number of hydrogen-bond acceptors (Lipinski definition) is 2. The standard InChI is InChI=1S/C18H24N2/c1-4-20(18-7-5-6-16(3)14-18)13-12-19-17-10-8-15(2)9-11-17/h5-11,14,19H,4,12-13H2,1-3H3. The smallest absolute Gasteiger partial charge is 0.0369 e. The second kappa shape index (κ2) is 6.99. The molecule has 0 aromatic heterocycles. The van der Waals surface area contributed by atoms with E-state index < -0.39 is 0 Å². The predicted octanol–water partition coefficient (Wildman–Crippen LogP) is 4.24. The lowest BCUT2D eigenvalue weighted by molar-refractivity contribution is 0.835. The van der Waals surface area contributed by atoms with Crippen molar-refractivity contribution in [3.63, 3.8) is 0 Å². The molecule has 0 unspecified atom stereocenters. The molecule has 2 aromatic rings. The number of benzene rings is 2. The van der Waals surface area contributed by atoms with E-state index in [1.165, 1.54) is 22.5 Å². The number of rotatable bonds is 6. The molecule has 2 heteroatoms. The fourth-order valence-electron chi connectivity index (χ4n) is 2.30. The summed E-state index contributed by atoms with van der Waals surface area (Å²) in [5.41, 5.74) is 5.10. The van der Waals surface area contributed by atoms with Gasteiger partial charge in [0, 0.05) is 31.0 Å². The van der Waals surface area contributed by atoms with Gasteiger partial charge in [0.05, 0.1) is 0 Å². The van der Waals surface area contributed by atoms with Crippen LogP contribution in [0.15, 0.2) is 48.5 Å². The highest BCUT2D eigenvalue weighted by atomic mass is 15.1. The summed E-state index contributed by atoms with van der Waals surface area (Å²) in [7, 11) is 0. The van der Waals surface area contributed by atoms with Gasteiger partial charge in [-0.1, -0.05) is 29.8 Å². The van der Waals surface area contributed by atoms with Gasteiger partial charge in [-0.2, -0.15) is 0 Å². The number of hydrogen-bond donors (Lipinski definition) is 1. The monoisotopic (exact) mass is 268 g/mol. The Balaban J connectivity index is 1.89. The van der Waals surface area contributed by atoms with Crippen molar-refractivity contribution in [3.8, 4) is 0 Å². The van der Waals surface area contributed by atoms with Crippen LogP contribution in [0, 0.1) is 13.8 Å². The minimum Gasteiger partial charge on any atom is -0.383 e. The third kappa shape index (κ3) is 4.02. The molecule has 0 aliphatic rings. The molecule has 0 bridgehead atoms. The van der Waals surface area contributed by atoms with Gasteiger partial charge in [-0.15, -0.1) is 0 Å². The number of likely N-dealkylation sites (N-methyl/N-ethyl adjacent to an activating group) is 1. The van der Waals surface area contributed by atoms with Gasteiger partial charge in [0.25, 0.3) is 0 Å². The highest BCUT2D eigenvalue weighted by molar-refractivity contribution is 5.49. The molecule has 0 heterocycles. The van der Waals surface area contributed by atoms with E-state index in [1.54, 1.807) is 0 Å². The van der Waals surface area contributed by atoms with Crippen molar-refractivity contribution in [2.24, 2.45) is 0 Å². The Morgan fingerprint density at radius 1 is 0.950 bits per heavy atom. The van der Waals surface area contributed by atoms with E-state index in [0.29, 0.717) is 0 Å². The van der Waals surface area contributed by atoms with Crippen molar-refractivity contribution in [2.75, 3.05) is 29.9 Å². The molecule has 0 aliphatic heterocycles. The molecule has 0 fully saturated rings. The molecule has 106 valence electrons. The topological polar surface area (TPSA) is 15.3 Å². The van der Waals surface area contributed by atoms with Crippen molar-refractivity contribution >= 4 is 11.4 Å². The lowest BCUT2D eigenvalue weighted by Crippen LogP contribution is -2.28. The summed E-state index contributed by atoms with van der Waals surface area (Å²) in [5.74, 6) is 0. The van der Waals surface area contributed by atoms with Crippen LogP contribution in [0.25, 0.3) is 0 Å². The van der Waals surface area contributed by atoms with Gasteiger partial charge in [-0.25, -0.2) is 0 Å². The van der Waals surface area contributed by atoms with Crippen molar-refractivity contribution in [3.05, 3.63) is 59.7 Å². The molecule has 0 saturated carbocycles. The minimum atomic E-state index is 0.949. The molecule has 0 spiro atoms. The van der Waals surface area contributed by atoms with Gasteiger partial charge in [0.1, 0.15) is 0 Å². The average Bonchev–Trinajstić information content (AvgIpc) is 2.45. The summed E-state index contributed by atoms with van der Waals surface area (Å²) in [4.78, 5) is 2.40. The number of aryl methyl sites for hydroxylation is 2. The van der Waals surface area contributed by atoms with Crippen molar-refractivity contribution < 1.29 is 0 Å². The van der Waals surface area contributed by atoms with E-state index in [4.69, 9.17) is 0 Å². The molecule has 2 aromatic carbocycles. The van der Waals surface area contributed by atoms with Crippen molar-refractivity contribution in [2.45, 2.75) is 20.8 Å². The van der Waals surface area contributed by atoms with E-state index in [9.17, 15) is 0 Å². The second-order valence-corrected chi connectivity index (χ2v) is 5.21. The molecule has 0 amide bonds. The fourth-order valence-corrected chi connectivity index (χ4v) is 2.30. The maximum atomic E-state index is 3.48. The summed E-state index contributed by atoms with van der Waals surface area (Å²) in [6, 6.07) is 17.2. The predicted molar refractivity (Wildman–Crippen MR) is 88.7 cm³/mol. The Hall–Kier alpha value is -1.96. The average molecular weight is 268 g/mol. The SMILES string of the molecule is CCN(CCNc1ccc(C)cc1)c1cccc(C)c1. The first-order chi connectivity index (χ1) is 9.69. The van der Waals surface area contributed by atoms with Crippen LogP contribution in [0.4, 0.5) is 11.4 Å². The van der Waals surface area contributed by atoms with Crippen LogP contribution in [-0.4, -0.2) is 19.6 Å². The molecule has 2 nitrogen and oxygen atoms in total. The quantitative estimate of drug-likeness (QED) is 0.843. The van der Waals surface area contributed by atoms with Gasteiger partial charge >= 0.3 is 0 Å². The molecule has 0 saturated heterocycles. The zero-order valence-corrected chi connectivity index (χ0v) is 12.7. The van der Waals surface area contributed by atoms with E-state index in [0.717, 1.165) is 19.6 Å². The van der Waals surface area contributed by atoms with E-state index in [2.05, 4.69) is 79.5 Å². The summed E-state index contributed by atoms with van der Waals surface area (Å²) < 4.78 is 0. The van der Waals surface area contributed by atoms with Crippen LogP contribution in [0.3, 0.4) is 0 Å². The van der Waals surface area contributed by atoms with E-state index >= 15 is 0 Å². The third-order valence-electron chi connectivity index (χ3n) is 3.51. The zero-order chi connectivity index (χ0) is 14.4. The maximum Gasteiger partial charge on any atom is 0.0369 e. The Morgan fingerprint density at radius 2 is 1.70 bits per heavy atom. The molecule has 2 rings (SSSR count). The summed E-state index contributed by atoms with van der Waals surface area (Å²) in [6.45, 7) is 9.44. The zero-order valence-electron chi connectivity index (χ0n) is 12.7. The van der Waals surface area contributed by atoms with Gasteiger partial charge in [0.2, 0.25) is 0 Å². The molecular weight excluding hydrogens is 244 g/mol. The van der Waals surface area contributed by atoms with Gasteiger partial charge < -0.3 is 10.2 Å². The number of nitrogens with zero attached hydrogens (tertiary/aromatic N) is 1. The summed E-state index contributed by atoms with van der Waals surface area (Å²) in [5, 5.41) is 3.48. The molecule has 0 aliphatic carbocycles. The normalized spacial score (nSPS) is 10.3. The van der Waals surface area contributed by atoms with Gasteiger partial charge in [0.15, 0.2) is 0 Å². The van der Waals surface area contributed by atoms with Gasteiger partial charge in [-0.05, 0) is 50.6 Å². The lowest BCUT2D eigenvalue weighted by atomic mass is 10.2. The Morgan fingerprint density at radius 3 is 2.35 bits per heavy atom.